The molecule has 0 aromatic carbocycles. The zero-order chi connectivity index (χ0) is 15.4. The van der Waals surface area contributed by atoms with E-state index in [1.54, 1.807) is 16.9 Å². The van der Waals surface area contributed by atoms with Gasteiger partial charge in [0.1, 0.15) is 17.3 Å². The van der Waals surface area contributed by atoms with Crippen LogP contribution in [0.5, 0.6) is 0 Å². The molecule has 0 aliphatic heterocycles. The van der Waals surface area contributed by atoms with Gasteiger partial charge in [-0.1, -0.05) is 13.8 Å². The maximum atomic E-state index is 11.2. The predicted molar refractivity (Wildman–Crippen MR) is 80.6 cm³/mol. The van der Waals surface area contributed by atoms with Gasteiger partial charge in [0.15, 0.2) is 5.82 Å². The quantitative estimate of drug-likeness (QED) is 0.838. The Labute approximate surface area is 123 Å². The molecule has 2 aromatic rings. The second-order valence-corrected chi connectivity index (χ2v) is 4.73. The minimum Gasteiger partial charge on any atom is -0.370 e. The number of nitrogens with zero attached hydrogens (tertiary/aromatic N) is 4. The molecule has 0 unspecified atom stereocenters. The van der Waals surface area contributed by atoms with Crippen LogP contribution in [-0.4, -0.2) is 32.2 Å². The van der Waals surface area contributed by atoms with Crippen molar-refractivity contribution in [2.45, 2.75) is 33.6 Å². The van der Waals surface area contributed by atoms with Gasteiger partial charge in [-0.05, 0) is 19.4 Å². The number of hydrogen-bond acceptors (Lipinski definition) is 5. The molecule has 7 nitrogen and oxygen atoms in total. The molecule has 0 fully saturated rings. The fourth-order valence-corrected chi connectivity index (χ4v) is 1.92. The lowest BCUT2D eigenvalue weighted by Crippen LogP contribution is -2.14. The Balaban J connectivity index is 2.47. The second kappa shape index (κ2) is 6.34. The SMILES string of the molecule is CCCNc1nc(CC)nc(-n2ccc(C(N)=O)n2)c1C. The molecule has 0 saturated heterocycles. The van der Waals surface area contributed by atoms with Crippen LogP contribution in [0.15, 0.2) is 12.3 Å². The number of aromatic nitrogens is 4. The second-order valence-electron chi connectivity index (χ2n) is 4.73. The summed E-state index contributed by atoms with van der Waals surface area (Å²) in [4.78, 5) is 20.2. The first-order valence-electron chi connectivity index (χ1n) is 7.04. The maximum Gasteiger partial charge on any atom is 0.269 e. The van der Waals surface area contributed by atoms with E-state index >= 15 is 0 Å². The smallest absolute Gasteiger partial charge is 0.269 e. The van der Waals surface area contributed by atoms with Crippen LogP contribution in [0, 0.1) is 6.92 Å². The fraction of sp³-hybridized carbons (Fsp3) is 0.429. The minimum absolute atomic E-state index is 0.217. The predicted octanol–water partition coefficient (Wildman–Crippen LogP) is 1.45. The van der Waals surface area contributed by atoms with Gasteiger partial charge in [-0.2, -0.15) is 5.10 Å². The summed E-state index contributed by atoms with van der Waals surface area (Å²) in [6, 6.07) is 1.58. The van der Waals surface area contributed by atoms with E-state index in [0.717, 1.165) is 36.6 Å². The van der Waals surface area contributed by atoms with E-state index in [-0.39, 0.29) is 5.69 Å². The number of aryl methyl sites for hydroxylation is 1. The third-order valence-electron chi connectivity index (χ3n) is 3.08. The first-order chi connectivity index (χ1) is 10.1. The molecule has 0 bridgehead atoms. The third kappa shape index (κ3) is 3.18. The standard InChI is InChI=1S/C14H20N6O/c1-4-7-16-13-9(3)14(18-11(5-2)17-13)20-8-6-10(19-20)12(15)21/h6,8H,4-5,7H2,1-3H3,(H2,15,21)(H,16,17,18). The molecular weight excluding hydrogens is 268 g/mol. The molecule has 21 heavy (non-hydrogen) atoms. The van der Waals surface area contributed by atoms with E-state index in [2.05, 4.69) is 27.3 Å². The zero-order valence-electron chi connectivity index (χ0n) is 12.6. The van der Waals surface area contributed by atoms with Gasteiger partial charge >= 0.3 is 0 Å². The summed E-state index contributed by atoms with van der Waals surface area (Å²) in [5, 5.41) is 7.45. The number of carbonyl (C=O) groups is 1. The van der Waals surface area contributed by atoms with Gasteiger partial charge in [0.25, 0.3) is 5.91 Å². The Morgan fingerprint density at radius 2 is 2.14 bits per heavy atom. The van der Waals surface area contributed by atoms with Gasteiger partial charge in [0.2, 0.25) is 0 Å². The van der Waals surface area contributed by atoms with E-state index in [1.807, 2.05) is 13.8 Å². The Morgan fingerprint density at radius 1 is 1.38 bits per heavy atom. The highest BCUT2D eigenvalue weighted by Crippen LogP contribution is 2.19. The highest BCUT2D eigenvalue weighted by Gasteiger charge is 2.14. The van der Waals surface area contributed by atoms with Crippen LogP contribution >= 0.6 is 0 Å². The fourth-order valence-electron chi connectivity index (χ4n) is 1.92. The first kappa shape index (κ1) is 15.0. The van der Waals surface area contributed by atoms with Crippen LogP contribution in [0.25, 0.3) is 5.82 Å². The normalized spacial score (nSPS) is 10.6. The Kier molecular flexibility index (Phi) is 4.52. The average Bonchev–Trinajstić information content (AvgIpc) is 2.96. The van der Waals surface area contributed by atoms with Crippen molar-refractivity contribution in [1.29, 1.82) is 0 Å². The number of rotatable bonds is 6. The maximum absolute atomic E-state index is 11.2. The lowest BCUT2D eigenvalue weighted by atomic mass is 10.3. The van der Waals surface area contributed by atoms with Crippen molar-refractivity contribution in [3.63, 3.8) is 0 Å². The van der Waals surface area contributed by atoms with Crippen molar-refractivity contribution in [2.75, 3.05) is 11.9 Å². The van der Waals surface area contributed by atoms with Crippen molar-refractivity contribution in [3.8, 4) is 5.82 Å². The molecule has 0 aliphatic rings. The van der Waals surface area contributed by atoms with Crippen molar-refractivity contribution < 1.29 is 4.79 Å². The third-order valence-corrected chi connectivity index (χ3v) is 3.08. The van der Waals surface area contributed by atoms with Gasteiger partial charge in [-0.25, -0.2) is 14.6 Å². The van der Waals surface area contributed by atoms with E-state index < -0.39 is 5.91 Å². The average molecular weight is 288 g/mol. The summed E-state index contributed by atoms with van der Waals surface area (Å²) >= 11 is 0. The van der Waals surface area contributed by atoms with Crippen molar-refractivity contribution in [3.05, 3.63) is 29.3 Å². The first-order valence-corrected chi connectivity index (χ1v) is 7.04. The van der Waals surface area contributed by atoms with Crippen LogP contribution in [0.1, 0.15) is 42.1 Å². The number of primary amides is 1. The molecule has 0 radical (unpaired) electrons. The molecule has 0 atom stereocenters. The highest BCUT2D eigenvalue weighted by atomic mass is 16.1. The van der Waals surface area contributed by atoms with Crippen LogP contribution in [-0.2, 0) is 6.42 Å². The number of amides is 1. The van der Waals surface area contributed by atoms with E-state index in [0.29, 0.717) is 5.82 Å². The molecular formula is C14H20N6O. The van der Waals surface area contributed by atoms with Crippen molar-refractivity contribution in [1.82, 2.24) is 19.7 Å². The summed E-state index contributed by atoms with van der Waals surface area (Å²) in [6.45, 7) is 6.86. The number of hydrogen-bond donors (Lipinski definition) is 2. The van der Waals surface area contributed by atoms with Gasteiger partial charge in [-0.15, -0.1) is 0 Å². The zero-order valence-corrected chi connectivity index (χ0v) is 12.6. The Bertz CT molecular complexity index is 649. The minimum atomic E-state index is -0.555. The summed E-state index contributed by atoms with van der Waals surface area (Å²) < 4.78 is 1.56. The van der Waals surface area contributed by atoms with Crippen LogP contribution in [0.2, 0.25) is 0 Å². The molecule has 0 saturated carbocycles. The summed E-state index contributed by atoms with van der Waals surface area (Å²) in [7, 11) is 0. The van der Waals surface area contributed by atoms with Crippen molar-refractivity contribution in [2.24, 2.45) is 5.73 Å². The van der Waals surface area contributed by atoms with Gasteiger partial charge < -0.3 is 11.1 Å². The van der Waals surface area contributed by atoms with Gasteiger partial charge in [-0.3, -0.25) is 4.79 Å². The molecule has 2 rings (SSSR count). The number of nitrogens with one attached hydrogen (secondary N) is 1. The lowest BCUT2D eigenvalue weighted by Gasteiger charge is -2.13. The largest absolute Gasteiger partial charge is 0.370 e. The number of nitrogens with two attached hydrogens (primary N) is 1. The topological polar surface area (TPSA) is 98.7 Å². The van der Waals surface area contributed by atoms with Gasteiger partial charge in [0.05, 0.1) is 0 Å². The summed E-state index contributed by atoms with van der Waals surface area (Å²) in [5.74, 6) is 1.63. The number of anilines is 1. The molecule has 1 amide bonds. The molecule has 0 aliphatic carbocycles. The number of carbonyl (C=O) groups excluding carboxylic acids is 1. The molecule has 112 valence electrons. The molecule has 3 N–H and O–H groups in total. The van der Waals surface area contributed by atoms with E-state index in [9.17, 15) is 4.79 Å². The van der Waals surface area contributed by atoms with Crippen LogP contribution in [0.4, 0.5) is 5.82 Å². The molecule has 0 spiro atoms. The lowest BCUT2D eigenvalue weighted by molar-refractivity contribution is 0.0995. The summed E-state index contributed by atoms with van der Waals surface area (Å²) in [6.07, 6.45) is 3.41. The molecule has 7 heteroatoms. The highest BCUT2D eigenvalue weighted by molar-refractivity contribution is 5.90. The van der Waals surface area contributed by atoms with E-state index in [4.69, 9.17) is 5.73 Å². The van der Waals surface area contributed by atoms with Crippen LogP contribution < -0.4 is 11.1 Å². The van der Waals surface area contributed by atoms with E-state index in [1.165, 1.54) is 0 Å². The van der Waals surface area contributed by atoms with Crippen LogP contribution in [0.3, 0.4) is 0 Å². The van der Waals surface area contributed by atoms with Gasteiger partial charge in [0, 0.05) is 24.7 Å². The van der Waals surface area contributed by atoms with Crippen molar-refractivity contribution >= 4 is 11.7 Å². The monoisotopic (exact) mass is 288 g/mol. The summed E-state index contributed by atoms with van der Waals surface area (Å²) in [5.41, 5.74) is 6.34. The molecule has 2 aromatic heterocycles. The Hall–Kier alpha value is -2.44. The molecule has 2 heterocycles. The Morgan fingerprint density at radius 3 is 2.71 bits per heavy atom.